The Morgan fingerprint density at radius 2 is 1.78 bits per heavy atom. The molecule has 0 aromatic rings. The summed E-state index contributed by atoms with van der Waals surface area (Å²) in [6, 6.07) is 0.380. The number of carboxylic acids is 1. The Labute approximate surface area is 108 Å². The van der Waals surface area contributed by atoms with Gasteiger partial charge in [0, 0.05) is 13.1 Å². The van der Waals surface area contributed by atoms with Gasteiger partial charge in [0.25, 0.3) is 0 Å². The molecule has 18 heavy (non-hydrogen) atoms. The van der Waals surface area contributed by atoms with Crippen LogP contribution in [0, 0.1) is 0 Å². The molecule has 1 aliphatic rings. The minimum Gasteiger partial charge on any atom is -0.481 e. The van der Waals surface area contributed by atoms with Crippen molar-refractivity contribution in [3.05, 3.63) is 0 Å². The molecule has 0 aliphatic heterocycles. The lowest BCUT2D eigenvalue weighted by atomic mass is 9.94. The van der Waals surface area contributed by atoms with E-state index in [1.54, 1.807) is 0 Å². The summed E-state index contributed by atoms with van der Waals surface area (Å²) in [5.41, 5.74) is 0. The third kappa shape index (κ3) is 5.49. The lowest BCUT2D eigenvalue weighted by molar-refractivity contribution is -0.138. The van der Waals surface area contributed by atoms with Crippen molar-refractivity contribution >= 4 is 11.9 Å². The van der Waals surface area contributed by atoms with Gasteiger partial charge >= 0.3 is 5.97 Å². The largest absolute Gasteiger partial charge is 0.481 e. The van der Waals surface area contributed by atoms with Crippen LogP contribution in [0.1, 0.15) is 44.9 Å². The zero-order valence-corrected chi connectivity index (χ0v) is 11.1. The first-order valence-electron chi connectivity index (χ1n) is 6.66. The van der Waals surface area contributed by atoms with Gasteiger partial charge in [-0.05, 0) is 12.8 Å². The van der Waals surface area contributed by atoms with Crippen molar-refractivity contribution in [2.75, 3.05) is 20.3 Å². The minimum absolute atomic E-state index is 0.00729. The van der Waals surface area contributed by atoms with Crippen LogP contribution >= 0.6 is 0 Å². The van der Waals surface area contributed by atoms with Gasteiger partial charge in [-0.2, -0.15) is 0 Å². The van der Waals surface area contributed by atoms with Gasteiger partial charge in [-0.1, -0.05) is 19.3 Å². The van der Waals surface area contributed by atoms with E-state index in [2.05, 4.69) is 0 Å². The highest BCUT2D eigenvalue weighted by Crippen LogP contribution is 2.21. The molecule has 0 bridgehead atoms. The second-order valence-corrected chi connectivity index (χ2v) is 4.80. The minimum atomic E-state index is -0.874. The van der Waals surface area contributed by atoms with Gasteiger partial charge in [0.1, 0.15) is 0 Å². The number of carboxylic acid groups (broad SMARTS) is 1. The molecule has 0 aromatic carbocycles. The molecule has 1 N–H and O–H groups in total. The van der Waals surface area contributed by atoms with Crippen molar-refractivity contribution in [3.63, 3.8) is 0 Å². The molecule has 0 atom stereocenters. The smallest absolute Gasteiger partial charge is 0.305 e. The van der Waals surface area contributed by atoms with Gasteiger partial charge in [-0.3, -0.25) is 9.59 Å². The Morgan fingerprint density at radius 3 is 2.39 bits per heavy atom. The van der Waals surface area contributed by atoms with Crippen LogP contribution in [0.3, 0.4) is 0 Å². The molecule has 0 spiro atoms. The first-order chi connectivity index (χ1) is 8.61. The van der Waals surface area contributed by atoms with Gasteiger partial charge in [0.15, 0.2) is 0 Å². The van der Waals surface area contributed by atoms with E-state index in [9.17, 15) is 9.59 Å². The number of ether oxygens (including phenoxy) is 1. The SMILES string of the molecule is CN(C(=O)CCOCCC(=O)O)C1CCCCC1. The monoisotopic (exact) mass is 257 g/mol. The predicted molar refractivity (Wildman–Crippen MR) is 67.3 cm³/mol. The van der Waals surface area contributed by atoms with Crippen molar-refractivity contribution in [1.29, 1.82) is 0 Å². The number of carbonyl (C=O) groups is 2. The number of rotatable bonds is 7. The maximum atomic E-state index is 11.9. The Morgan fingerprint density at radius 1 is 1.17 bits per heavy atom. The molecule has 0 saturated heterocycles. The maximum Gasteiger partial charge on any atom is 0.305 e. The number of hydrogen-bond donors (Lipinski definition) is 1. The highest BCUT2D eigenvalue weighted by molar-refractivity contribution is 5.76. The molecule has 1 amide bonds. The summed E-state index contributed by atoms with van der Waals surface area (Å²) in [5, 5.41) is 8.43. The van der Waals surface area contributed by atoms with Crippen LogP contribution in [-0.4, -0.2) is 48.2 Å². The van der Waals surface area contributed by atoms with E-state index in [0.717, 1.165) is 12.8 Å². The lowest BCUT2D eigenvalue weighted by Crippen LogP contribution is -2.38. The molecule has 1 fully saturated rings. The third-order valence-electron chi connectivity index (χ3n) is 3.44. The molecular formula is C13H23NO4. The second kappa shape index (κ2) is 8.08. The van der Waals surface area contributed by atoms with Crippen LogP contribution in [0.5, 0.6) is 0 Å². The maximum absolute atomic E-state index is 11.9. The molecule has 0 unspecified atom stereocenters. The molecule has 1 rings (SSSR count). The predicted octanol–water partition coefficient (Wildman–Crippen LogP) is 1.66. The molecule has 5 heteroatoms. The van der Waals surface area contributed by atoms with E-state index in [1.165, 1.54) is 19.3 Å². The van der Waals surface area contributed by atoms with Gasteiger partial charge in [0.2, 0.25) is 5.91 Å². The summed E-state index contributed by atoms with van der Waals surface area (Å²) >= 11 is 0. The van der Waals surface area contributed by atoms with Gasteiger partial charge < -0.3 is 14.7 Å². The Balaban J connectivity index is 2.13. The summed E-state index contributed by atoms with van der Waals surface area (Å²) in [4.78, 5) is 24.0. The summed E-state index contributed by atoms with van der Waals surface area (Å²) in [5.74, 6) is -0.780. The molecular weight excluding hydrogens is 234 g/mol. The quantitative estimate of drug-likeness (QED) is 0.704. The van der Waals surface area contributed by atoms with E-state index >= 15 is 0 Å². The van der Waals surface area contributed by atoms with E-state index in [0.29, 0.717) is 19.1 Å². The number of nitrogens with zero attached hydrogens (tertiary/aromatic N) is 1. The zero-order chi connectivity index (χ0) is 13.4. The lowest BCUT2D eigenvalue weighted by Gasteiger charge is -2.31. The third-order valence-corrected chi connectivity index (χ3v) is 3.44. The van der Waals surface area contributed by atoms with Crippen LogP contribution < -0.4 is 0 Å². The van der Waals surface area contributed by atoms with Crippen molar-refractivity contribution in [2.45, 2.75) is 51.0 Å². The topological polar surface area (TPSA) is 66.8 Å². The normalized spacial score (nSPS) is 16.5. The molecule has 104 valence electrons. The van der Waals surface area contributed by atoms with Crippen LogP contribution in [0.4, 0.5) is 0 Å². The first kappa shape index (κ1) is 15.0. The molecule has 1 saturated carbocycles. The highest BCUT2D eigenvalue weighted by Gasteiger charge is 2.21. The van der Waals surface area contributed by atoms with Crippen LogP contribution in [0.2, 0.25) is 0 Å². The summed E-state index contributed by atoms with van der Waals surface area (Å²) < 4.78 is 5.12. The van der Waals surface area contributed by atoms with Gasteiger partial charge in [0.05, 0.1) is 26.1 Å². The fraction of sp³-hybridized carbons (Fsp3) is 0.846. The number of aliphatic carboxylic acids is 1. The first-order valence-corrected chi connectivity index (χ1v) is 6.66. The zero-order valence-electron chi connectivity index (χ0n) is 11.1. The van der Waals surface area contributed by atoms with Crippen molar-refractivity contribution in [3.8, 4) is 0 Å². The molecule has 0 radical (unpaired) electrons. The standard InChI is InChI=1S/C13H23NO4/c1-14(11-5-3-2-4-6-11)12(15)7-9-18-10-8-13(16)17/h11H,2-10H2,1H3,(H,16,17). The Bertz CT molecular complexity index is 274. The van der Waals surface area contributed by atoms with Crippen molar-refractivity contribution < 1.29 is 19.4 Å². The van der Waals surface area contributed by atoms with Crippen molar-refractivity contribution in [2.24, 2.45) is 0 Å². The van der Waals surface area contributed by atoms with Gasteiger partial charge in [-0.25, -0.2) is 0 Å². The average molecular weight is 257 g/mol. The number of amides is 1. The number of hydrogen-bond acceptors (Lipinski definition) is 3. The second-order valence-electron chi connectivity index (χ2n) is 4.80. The van der Waals surface area contributed by atoms with Crippen LogP contribution in [0.25, 0.3) is 0 Å². The van der Waals surface area contributed by atoms with E-state index in [4.69, 9.17) is 9.84 Å². The summed E-state index contributed by atoms with van der Waals surface area (Å²) in [6.45, 7) is 0.485. The Hall–Kier alpha value is -1.10. The summed E-state index contributed by atoms with van der Waals surface area (Å²) in [7, 11) is 1.86. The van der Waals surface area contributed by atoms with E-state index < -0.39 is 5.97 Å². The fourth-order valence-corrected chi connectivity index (χ4v) is 2.27. The molecule has 1 aliphatic carbocycles. The number of carbonyl (C=O) groups excluding carboxylic acids is 1. The molecule has 0 aromatic heterocycles. The molecule has 0 heterocycles. The van der Waals surface area contributed by atoms with Crippen LogP contribution in [-0.2, 0) is 14.3 Å². The van der Waals surface area contributed by atoms with Crippen LogP contribution in [0.15, 0.2) is 0 Å². The van der Waals surface area contributed by atoms with Crippen molar-refractivity contribution in [1.82, 2.24) is 4.90 Å². The summed E-state index contributed by atoms with van der Waals surface area (Å²) in [6.07, 6.45) is 6.22. The Kier molecular flexibility index (Phi) is 6.72. The fourth-order valence-electron chi connectivity index (χ4n) is 2.27. The molecule has 5 nitrogen and oxygen atoms in total. The van der Waals surface area contributed by atoms with E-state index in [1.807, 2.05) is 11.9 Å². The van der Waals surface area contributed by atoms with E-state index in [-0.39, 0.29) is 18.9 Å². The highest BCUT2D eigenvalue weighted by atomic mass is 16.5. The van der Waals surface area contributed by atoms with Gasteiger partial charge in [-0.15, -0.1) is 0 Å². The average Bonchev–Trinajstić information content (AvgIpc) is 2.38.